The third-order valence-electron chi connectivity index (χ3n) is 3.90. The van der Waals surface area contributed by atoms with Crippen molar-refractivity contribution in [3.05, 3.63) is 18.2 Å². The lowest BCUT2D eigenvalue weighted by molar-refractivity contribution is 0.236. The number of hydrogen-bond donors (Lipinski definition) is 1. The van der Waals surface area contributed by atoms with Gasteiger partial charge >= 0.3 is 0 Å². The molecular formula is C14H26N4. The molecule has 0 unspecified atom stereocenters. The monoisotopic (exact) mass is 250 g/mol. The molecule has 1 fully saturated rings. The third-order valence-corrected chi connectivity index (χ3v) is 3.90. The minimum atomic E-state index is 0.815. The molecule has 4 heteroatoms. The van der Waals surface area contributed by atoms with Gasteiger partial charge in [-0.15, -0.1) is 0 Å². The minimum Gasteiger partial charge on any atom is -0.336 e. The lowest BCUT2D eigenvalue weighted by Gasteiger charge is -2.23. The molecule has 102 valence electrons. The zero-order chi connectivity index (χ0) is 12.8. The molecule has 4 nitrogen and oxygen atoms in total. The van der Waals surface area contributed by atoms with Crippen molar-refractivity contribution in [3.8, 4) is 0 Å². The Hall–Kier alpha value is -0.870. The fraction of sp³-hybridized carbons (Fsp3) is 0.786. The predicted molar refractivity (Wildman–Crippen MR) is 74.5 cm³/mol. The summed E-state index contributed by atoms with van der Waals surface area (Å²) in [6, 6.07) is 0.815. The van der Waals surface area contributed by atoms with Crippen LogP contribution in [0.15, 0.2) is 12.5 Å². The fourth-order valence-corrected chi connectivity index (χ4v) is 2.67. The van der Waals surface area contributed by atoms with Gasteiger partial charge in [0.05, 0.1) is 12.0 Å². The first-order chi connectivity index (χ1) is 8.79. The quantitative estimate of drug-likeness (QED) is 0.802. The highest BCUT2D eigenvalue weighted by molar-refractivity contribution is 4.96. The standard InChI is InChI=1S/C14H26N4/c1-3-15-10-13-11-18(12-16-13)9-8-17(2)14-6-4-5-7-14/h11-12,14-15H,3-10H2,1-2H3. The van der Waals surface area contributed by atoms with E-state index in [1.165, 1.54) is 25.7 Å². The summed E-state index contributed by atoms with van der Waals surface area (Å²) in [6.07, 6.45) is 9.69. The molecule has 1 heterocycles. The lowest BCUT2D eigenvalue weighted by atomic mass is 10.2. The molecular weight excluding hydrogens is 224 g/mol. The number of nitrogens with one attached hydrogen (secondary N) is 1. The van der Waals surface area contributed by atoms with Crippen LogP contribution >= 0.6 is 0 Å². The Morgan fingerprint density at radius 3 is 2.94 bits per heavy atom. The second kappa shape index (κ2) is 6.90. The summed E-state index contributed by atoms with van der Waals surface area (Å²) in [5.74, 6) is 0. The molecule has 1 aromatic rings. The van der Waals surface area contributed by atoms with Crippen molar-refractivity contribution in [1.29, 1.82) is 0 Å². The Labute approximate surface area is 110 Å². The molecule has 1 aliphatic rings. The molecule has 1 N–H and O–H groups in total. The number of imidazole rings is 1. The van der Waals surface area contributed by atoms with E-state index in [1.54, 1.807) is 0 Å². The van der Waals surface area contributed by atoms with E-state index in [1.807, 2.05) is 6.33 Å². The maximum atomic E-state index is 4.41. The van der Waals surface area contributed by atoms with Crippen LogP contribution in [0.4, 0.5) is 0 Å². The predicted octanol–water partition coefficient (Wildman–Crippen LogP) is 1.87. The van der Waals surface area contributed by atoms with E-state index in [9.17, 15) is 0 Å². The summed E-state index contributed by atoms with van der Waals surface area (Å²) < 4.78 is 2.21. The van der Waals surface area contributed by atoms with Gasteiger partial charge in [-0.05, 0) is 26.4 Å². The molecule has 2 rings (SSSR count). The van der Waals surface area contributed by atoms with Gasteiger partial charge in [-0.2, -0.15) is 0 Å². The Balaban J connectivity index is 1.73. The highest BCUT2D eigenvalue weighted by Crippen LogP contribution is 2.22. The zero-order valence-corrected chi connectivity index (χ0v) is 11.7. The molecule has 0 aromatic carbocycles. The van der Waals surface area contributed by atoms with Crippen molar-refractivity contribution in [3.63, 3.8) is 0 Å². The van der Waals surface area contributed by atoms with Crippen LogP contribution in [0.5, 0.6) is 0 Å². The van der Waals surface area contributed by atoms with Gasteiger partial charge in [0.25, 0.3) is 0 Å². The normalized spacial score (nSPS) is 16.8. The Kier molecular flexibility index (Phi) is 5.20. The zero-order valence-electron chi connectivity index (χ0n) is 11.7. The second-order valence-electron chi connectivity index (χ2n) is 5.30. The van der Waals surface area contributed by atoms with Gasteiger partial charge in [0.2, 0.25) is 0 Å². The molecule has 0 aliphatic heterocycles. The maximum Gasteiger partial charge on any atom is 0.0950 e. The molecule has 0 amide bonds. The number of aromatic nitrogens is 2. The second-order valence-corrected chi connectivity index (χ2v) is 5.30. The van der Waals surface area contributed by atoms with Crippen LogP contribution in [0, 0.1) is 0 Å². The van der Waals surface area contributed by atoms with E-state index < -0.39 is 0 Å². The van der Waals surface area contributed by atoms with Crippen molar-refractivity contribution in [2.24, 2.45) is 0 Å². The van der Waals surface area contributed by atoms with Gasteiger partial charge in [-0.3, -0.25) is 0 Å². The summed E-state index contributed by atoms with van der Waals surface area (Å²) in [4.78, 5) is 6.92. The van der Waals surface area contributed by atoms with Crippen LogP contribution in [-0.2, 0) is 13.1 Å². The summed E-state index contributed by atoms with van der Waals surface area (Å²) in [6.45, 7) is 6.17. The van der Waals surface area contributed by atoms with Crippen molar-refractivity contribution in [2.45, 2.75) is 51.7 Å². The van der Waals surface area contributed by atoms with E-state index in [4.69, 9.17) is 0 Å². The van der Waals surface area contributed by atoms with Gasteiger partial charge in [-0.25, -0.2) is 4.98 Å². The van der Waals surface area contributed by atoms with E-state index in [-0.39, 0.29) is 0 Å². The van der Waals surface area contributed by atoms with Gasteiger partial charge in [0, 0.05) is 31.9 Å². The largest absolute Gasteiger partial charge is 0.336 e. The first-order valence-electron chi connectivity index (χ1n) is 7.21. The maximum absolute atomic E-state index is 4.41. The van der Waals surface area contributed by atoms with E-state index in [2.05, 4.69) is 39.9 Å². The summed E-state index contributed by atoms with van der Waals surface area (Å²) in [5, 5.41) is 3.30. The molecule has 18 heavy (non-hydrogen) atoms. The average molecular weight is 250 g/mol. The molecule has 1 saturated carbocycles. The summed E-state index contributed by atoms with van der Waals surface area (Å²) in [5.41, 5.74) is 1.14. The Morgan fingerprint density at radius 1 is 1.44 bits per heavy atom. The number of rotatable bonds is 7. The van der Waals surface area contributed by atoms with Crippen LogP contribution in [0.25, 0.3) is 0 Å². The number of likely N-dealkylation sites (N-methyl/N-ethyl adjacent to an activating group) is 1. The lowest BCUT2D eigenvalue weighted by Crippen LogP contribution is -2.31. The van der Waals surface area contributed by atoms with Crippen LogP contribution in [0.3, 0.4) is 0 Å². The molecule has 1 aromatic heterocycles. The number of hydrogen-bond acceptors (Lipinski definition) is 3. The van der Waals surface area contributed by atoms with Crippen LogP contribution < -0.4 is 5.32 Å². The van der Waals surface area contributed by atoms with Gasteiger partial charge in [-0.1, -0.05) is 19.8 Å². The first kappa shape index (κ1) is 13.6. The van der Waals surface area contributed by atoms with Crippen molar-refractivity contribution in [2.75, 3.05) is 20.1 Å². The van der Waals surface area contributed by atoms with Gasteiger partial charge in [0.15, 0.2) is 0 Å². The summed E-state index contributed by atoms with van der Waals surface area (Å²) >= 11 is 0. The van der Waals surface area contributed by atoms with Gasteiger partial charge in [0.1, 0.15) is 0 Å². The van der Waals surface area contributed by atoms with E-state index in [0.29, 0.717) is 0 Å². The molecule has 0 saturated heterocycles. The molecule has 0 radical (unpaired) electrons. The number of nitrogens with zero attached hydrogens (tertiary/aromatic N) is 3. The highest BCUT2D eigenvalue weighted by atomic mass is 15.2. The van der Waals surface area contributed by atoms with Crippen LogP contribution in [0.1, 0.15) is 38.3 Å². The van der Waals surface area contributed by atoms with E-state index in [0.717, 1.165) is 37.9 Å². The third kappa shape index (κ3) is 3.82. The highest BCUT2D eigenvalue weighted by Gasteiger charge is 2.18. The Bertz CT molecular complexity index is 341. The summed E-state index contributed by atoms with van der Waals surface area (Å²) in [7, 11) is 2.26. The molecule has 0 bridgehead atoms. The molecule has 0 spiro atoms. The van der Waals surface area contributed by atoms with Crippen molar-refractivity contribution >= 4 is 0 Å². The SMILES string of the molecule is CCNCc1cn(CCN(C)C2CCCC2)cn1. The molecule has 1 aliphatic carbocycles. The Morgan fingerprint density at radius 2 is 2.22 bits per heavy atom. The first-order valence-corrected chi connectivity index (χ1v) is 7.21. The smallest absolute Gasteiger partial charge is 0.0950 e. The minimum absolute atomic E-state index is 0.815. The van der Waals surface area contributed by atoms with Crippen LogP contribution in [0.2, 0.25) is 0 Å². The topological polar surface area (TPSA) is 33.1 Å². The average Bonchev–Trinajstić information content (AvgIpc) is 3.04. The van der Waals surface area contributed by atoms with Crippen LogP contribution in [-0.4, -0.2) is 40.6 Å². The fourth-order valence-electron chi connectivity index (χ4n) is 2.67. The molecule has 0 atom stereocenters. The van der Waals surface area contributed by atoms with E-state index >= 15 is 0 Å². The van der Waals surface area contributed by atoms with Crippen molar-refractivity contribution in [1.82, 2.24) is 19.8 Å². The van der Waals surface area contributed by atoms with Crippen molar-refractivity contribution < 1.29 is 0 Å². The van der Waals surface area contributed by atoms with Gasteiger partial charge < -0.3 is 14.8 Å².